The fourth-order valence-corrected chi connectivity index (χ4v) is 5.08. The first kappa shape index (κ1) is 24.7. The number of rotatable bonds is 11. The molecule has 1 aliphatic heterocycles. The standard InChI is InChI=1S/C26H33N3O4S/c1-30-12-13-34-26-27-15-24(19-6-4-8-21(14-19)32-3)25(28-26)20-7-5-11-29(16-20)17-22-9-10-23(33-22)18-31-2/h4,6,8-10,14-15,20H,5,7,11-13,16-18H2,1-3H3/t20-/m0/s1. The van der Waals surface area contributed by atoms with E-state index in [9.17, 15) is 0 Å². The van der Waals surface area contributed by atoms with E-state index in [1.165, 1.54) is 0 Å². The molecule has 182 valence electrons. The number of hydrogen-bond acceptors (Lipinski definition) is 8. The van der Waals surface area contributed by atoms with E-state index < -0.39 is 0 Å². The van der Waals surface area contributed by atoms with Crippen molar-refractivity contribution < 1.29 is 18.6 Å². The Labute approximate surface area is 205 Å². The molecule has 1 saturated heterocycles. The summed E-state index contributed by atoms with van der Waals surface area (Å²) in [4.78, 5) is 12.2. The van der Waals surface area contributed by atoms with Gasteiger partial charge in [-0.25, -0.2) is 9.97 Å². The summed E-state index contributed by atoms with van der Waals surface area (Å²) in [6.07, 6.45) is 4.18. The molecule has 0 unspecified atom stereocenters. The number of aromatic nitrogens is 2. The third kappa shape index (κ3) is 6.39. The summed E-state index contributed by atoms with van der Waals surface area (Å²) in [6, 6.07) is 12.2. The molecule has 4 rings (SSSR count). The molecule has 0 N–H and O–H groups in total. The molecule has 0 saturated carbocycles. The zero-order valence-corrected chi connectivity index (χ0v) is 21.0. The van der Waals surface area contributed by atoms with Crippen molar-refractivity contribution in [2.24, 2.45) is 0 Å². The Hall–Kier alpha value is -2.39. The smallest absolute Gasteiger partial charge is 0.187 e. The Bertz CT molecular complexity index is 1060. The molecular formula is C26H33N3O4S. The van der Waals surface area contributed by atoms with E-state index in [-0.39, 0.29) is 0 Å². The largest absolute Gasteiger partial charge is 0.497 e. The predicted molar refractivity (Wildman–Crippen MR) is 133 cm³/mol. The van der Waals surface area contributed by atoms with Gasteiger partial charge in [0.15, 0.2) is 5.16 Å². The molecule has 3 aromatic rings. The van der Waals surface area contributed by atoms with Gasteiger partial charge in [-0.3, -0.25) is 4.90 Å². The van der Waals surface area contributed by atoms with E-state index in [1.54, 1.807) is 33.1 Å². The van der Waals surface area contributed by atoms with Gasteiger partial charge in [-0.1, -0.05) is 23.9 Å². The molecule has 0 aliphatic carbocycles. The van der Waals surface area contributed by atoms with E-state index in [4.69, 9.17) is 23.6 Å². The van der Waals surface area contributed by atoms with E-state index in [2.05, 4.69) is 28.1 Å². The lowest BCUT2D eigenvalue weighted by atomic mass is 9.90. The van der Waals surface area contributed by atoms with E-state index in [0.29, 0.717) is 19.1 Å². The van der Waals surface area contributed by atoms with Crippen molar-refractivity contribution in [3.05, 3.63) is 59.8 Å². The lowest BCUT2D eigenvalue weighted by Gasteiger charge is -2.32. The lowest BCUT2D eigenvalue weighted by molar-refractivity contribution is 0.153. The second-order valence-electron chi connectivity index (χ2n) is 8.40. The quantitative estimate of drug-likeness (QED) is 0.214. The van der Waals surface area contributed by atoms with Gasteiger partial charge in [0.1, 0.15) is 23.9 Å². The van der Waals surface area contributed by atoms with Crippen molar-refractivity contribution in [3.63, 3.8) is 0 Å². The summed E-state index contributed by atoms with van der Waals surface area (Å²) >= 11 is 1.63. The first-order chi connectivity index (χ1) is 16.7. The molecular weight excluding hydrogens is 450 g/mol. The Kier molecular flexibility index (Phi) is 8.98. The van der Waals surface area contributed by atoms with Gasteiger partial charge in [-0.2, -0.15) is 0 Å². The van der Waals surface area contributed by atoms with Gasteiger partial charge in [0.25, 0.3) is 0 Å². The van der Waals surface area contributed by atoms with Crippen molar-refractivity contribution in [1.82, 2.24) is 14.9 Å². The number of hydrogen-bond donors (Lipinski definition) is 0. The predicted octanol–water partition coefficient (Wildman–Crippen LogP) is 5.01. The minimum Gasteiger partial charge on any atom is -0.497 e. The first-order valence-electron chi connectivity index (χ1n) is 11.6. The van der Waals surface area contributed by atoms with Crippen LogP contribution in [0.2, 0.25) is 0 Å². The van der Waals surface area contributed by atoms with Crippen molar-refractivity contribution in [2.75, 3.05) is 46.8 Å². The van der Waals surface area contributed by atoms with Gasteiger partial charge in [-0.05, 0) is 49.2 Å². The summed E-state index contributed by atoms with van der Waals surface area (Å²) in [6.45, 7) is 3.93. The number of nitrogens with zero attached hydrogens (tertiary/aromatic N) is 3. The fraction of sp³-hybridized carbons (Fsp3) is 0.462. The molecule has 1 fully saturated rings. The molecule has 8 heteroatoms. The van der Waals surface area contributed by atoms with Crippen LogP contribution >= 0.6 is 11.8 Å². The van der Waals surface area contributed by atoms with Crippen molar-refractivity contribution in [2.45, 2.75) is 37.1 Å². The van der Waals surface area contributed by atoms with E-state index in [0.717, 1.165) is 77.5 Å². The summed E-state index contributed by atoms with van der Waals surface area (Å²) in [5.41, 5.74) is 3.25. The lowest BCUT2D eigenvalue weighted by Crippen LogP contribution is -2.34. The topological polar surface area (TPSA) is 69.9 Å². The van der Waals surface area contributed by atoms with E-state index in [1.807, 2.05) is 24.4 Å². The van der Waals surface area contributed by atoms with Crippen LogP contribution in [0.1, 0.15) is 36.0 Å². The maximum Gasteiger partial charge on any atom is 0.187 e. The molecule has 0 spiro atoms. The molecule has 0 amide bonds. The SMILES string of the molecule is COCCSc1ncc(-c2cccc(OC)c2)c([C@H]2CCCN(Cc3ccc(COC)o3)C2)n1. The van der Waals surface area contributed by atoms with Crippen LogP contribution in [0.25, 0.3) is 11.1 Å². The van der Waals surface area contributed by atoms with Gasteiger partial charge < -0.3 is 18.6 Å². The van der Waals surface area contributed by atoms with Gasteiger partial charge >= 0.3 is 0 Å². The summed E-state index contributed by atoms with van der Waals surface area (Å²) in [7, 11) is 5.09. The maximum atomic E-state index is 5.94. The van der Waals surface area contributed by atoms with Crippen LogP contribution < -0.4 is 4.74 Å². The Balaban J connectivity index is 1.58. The Morgan fingerprint density at radius 3 is 2.82 bits per heavy atom. The molecule has 0 bridgehead atoms. The van der Waals surface area contributed by atoms with Crippen LogP contribution in [0.3, 0.4) is 0 Å². The number of ether oxygens (including phenoxy) is 3. The second-order valence-corrected chi connectivity index (χ2v) is 9.46. The molecule has 34 heavy (non-hydrogen) atoms. The third-order valence-electron chi connectivity index (χ3n) is 5.97. The van der Waals surface area contributed by atoms with Crippen molar-refractivity contribution in [3.8, 4) is 16.9 Å². The van der Waals surface area contributed by atoms with E-state index >= 15 is 0 Å². The second kappa shape index (κ2) is 12.4. The molecule has 3 heterocycles. The first-order valence-corrected chi connectivity index (χ1v) is 12.6. The van der Waals surface area contributed by atoms with Crippen LogP contribution in [-0.2, 0) is 22.6 Å². The zero-order chi connectivity index (χ0) is 23.8. The van der Waals surface area contributed by atoms with Crippen molar-refractivity contribution in [1.29, 1.82) is 0 Å². The molecule has 1 atom stereocenters. The number of likely N-dealkylation sites (tertiary alicyclic amines) is 1. The highest BCUT2D eigenvalue weighted by Gasteiger charge is 2.26. The van der Waals surface area contributed by atoms with Gasteiger partial charge in [-0.15, -0.1) is 0 Å². The number of benzene rings is 1. The highest BCUT2D eigenvalue weighted by Crippen LogP contribution is 2.35. The van der Waals surface area contributed by atoms with Gasteiger partial charge in [0, 0.05) is 44.2 Å². The number of thioether (sulfide) groups is 1. The molecule has 1 aromatic carbocycles. The number of piperidine rings is 1. The number of methoxy groups -OCH3 is 3. The Morgan fingerprint density at radius 2 is 2.00 bits per heavy atom. The maximum absolute atomic E-state index is 5.94. The van der Waals surface area contributed by atoms with Gasteiger partial charge in [0.2, 0.25) is 0 Å². The fourth-order valence-electron chi connectivity index (χ4n) is 4.36. The molecule has 1 aliphatic rings. The third-order valence-corrected chi connectivity index (χ3v) is 6.80. The monoisotopic (exact) mass is 483 g/mol. The number of furan rings is 1. The molecule has 7 nitrogen and oxygen atoms in total. The molecule has 2 aromatic heterocycles. The van der Waals surface area contributed by atoms with Crippen LogP contribution in [0, 0.1) is 0 Å². The van der Waals surface area contributed by atoms with Crippen molar-refractivity contribution >= 4 is 11.8 Å². The molecule has 0 radical (unpaired) electrons. The minimum atomic E-state index is 0.313. The normalized spacial score (nSPS) is 16.6. The summed E-state index contributed by atoms with van der Waals surface area (Å²) in [5, 5.41) is 0.797. The van der Waals surface area contributed by atoms with Gasteiger partial charge in [0.05, 0.1) is 26.0 Å². The van der Waals surface area contributed by atoms with Crippen LogP contribution in [-0.4, -0.2) is 61.6 Å². The summed E-state index contributed by atoms with van der Waals surface area (Å²) < 4.78 is 21.8. The van der Waals surface area contributed by atoms with Crippen LogP contribution in [0.15, 0.2) is 52.2 Å². The summed E-state index contributed by atoms with van der Waals surface area (Å²) in [5.74, 6) is 3.80. The average Bonchev–Trinajstić information content (AvgIpc) is 3.31. The minimum absolute atomic E-state index is 0.313. The van der Waals surface area contributed by atoms with Crippen LogP contribution in [0.5, 0.6) is 5.75 Å². The van der Waals surface area contributed by atoms with Crippen LogP contribution in [0.4, 0.5) is 0 Å². The highest BCUT2D eigenvalue weighted by atomic mass is 32.2. The highest BCUT2D eigenvalue weighted by molar-refractivity contribution is 7.99. The Morgan fingerprint density at radius 1 is 1.12 bits per heavy atom. The average molecular weight is 484 g/mol. The zero-order valence-electron chi connectivity index (χ0n) is 20.2.